The molecule has 1 atom stereocenters. The van der Waals surface area contributed by atoms with Gasteiger partial charge in [-0.25, -0.2) is 0 Å². The van der Waals surface area contributed by atoms with Gasteiger partial charge >= 0.3 is 0 Å². The molecule has 0 spiro atoms. The molecule has 0 aliphatic carbocycles. The fourth-order valence-electron chi connectivity index (χ4n) is 2.03. The first-order valence-corrected chi connectivity index (χ1v) is 6.16. The highest BCUT2D eigenvalue weighted by molar-refractivity contribution is 5.92. The van der Waals surface area contributed by atoms with E-state index in [-0.39, 0.29) is 5.91 Å². The van der Waals surface area contributed by atoms with Crippen molar-refractivity contribution in [3.8, 4) is 0 Å². The number of rotatable bonds is 3. The van der Waals surface area contributed by atoms with E-state index < -0.39 is 6.04 Å². The van der Waals surface area contributed by atoms with Crippen LogP contribution in [0.3, 0.4) is 0 Å². The Balaban J connectivity index is 1.86. The quantitative estimate of drug-likeness (QED) is 0.776. The molecule has 3 aromatic heterocycles. The van der Waals surface area contributed by atoms with Crippen molar-refractivity contribution in [3.05, 3.63) is 24.2 Å². The molecular weight excluding hydrogens is 260 g/mol. The first-order valence-electron chi connectivity index (χ1n) is 6.16. The maximum absolute atomic E-state index is 12.1. The van der Waals surface area contributed by atoms with Gasteiger partial charge in [0, 0.05) is 13.1 Å². The Morgan fingerprint density at radius 3 is 2.90 bits per heavy atom. The van der Waals surface area contributed by atoms with Crippen LogP contribution in [-0.4, -0.2) is 30.6 Å². The molecule has 1 unspecified atom stereocenters. The summed E-state index contributed by atoms with van der Waals surface area (Å²) in [5.74, 6) is 0.175. The molecule has 0 saturated heterocycles. The molecule has 0 radical (unpaired) electrons. The molecule has 0 saturated carbocycles. The van der Waals surface area contributed by atoms with Gasteiger partial charge in [-0.15, -0.1) is 0 Å². The van der Waals surface area contributed by atoms with E-state index in [9.17, 15) is 4.79 Å². The molecule has 0 aliphatic rings. The Kier molecular flexibility index (Phi) is 2.78. The zero-order valence-corrected chi connectivity index (χ0v) is 11.4. The molecule has 3 aromatic rings. The molecule has 1 N–H and O–H groups in total. The number of carbonyl (C=O) groups excluding carboxylic acids is 1. The molecule has 3 rings (SSSR count). The van der Waals surface area contributed by atoms with Crippen LogP contribution in [0.1, 0.15) is 18.7 Å². The number of amides is 1. The number of hydrogen-bond acceptors (Lipinski definition) is 5. The lowest BCUT2D eigenvalue weighted by atomic mass is 10.3. The predicted octanol–water partition coefficient (Wildman–Crippen LogP) is 1.27. The van der Waals surface area contributed by atoms with Gasteiger partial charge in [-0.3, -0.25) is 14.2 Å². The maximum Gasteiger partial charge on any atom is 0.250 e. The molecule has 1 amide bonds. The second kappa shape index (κ2) is 4.48. The first-order chi connectivity index (χ1) is 9.56. The summed E-state index contributed by atoms with van der Waals surface area (Å²) < 4.78 is 8.04. The van der Waals surface area contributed by atoms with Crippen molar-refractivity contribution in [1.29, 1.82) is 0 Å². The van der Waals surface area contributed by atoms with E-state index in [1.807, 2.05) is 20.2 Å². The van der Waals surface area contributed by atoms with E-state index >= 15 is 0 Å². The van der Waals surface area contributed by atoms with Gasteiger partial charge in [-0.1, -0.05) is 5.16 Å². The largest absolute Gasteiger partial charge is 0.363 e. The second-order valence-corrected chi connectivity index (χ2v) is 4.60. The van der Waals surface area contributed by atoms with Crippen molar-refractivity contribution in [2.45, 2.75) is 19.9 Å². The van der Waals surface area contributed by atoms with Crippen LogP contribution in [0.15, 0.2) is 23.0 Å². The summed E-state index contributed by atoms with van der Waals surface area (Å²) in [5.41, 5.74) is 2.53. The summed E-state index contributed by atoms with van der Waals surface area (Å²) in [6, 6.07) is 1.12. The van der Waals surface area contributed by atoms with E-state index in [1.54, 1.807) is 22.4 Å². The molecule has 0 bridgehead atoms. The summed E-state index contributed by atoms with van der Waals surface area (Å²) in [6.45, 7) is 3.66. The van der Waals surface area contributed by atoms with Crippen LogP contribution in [0.2, 0.25) is 0 Å². The number of aromatic nitrogens is 5. The predicted molar refractivity (Wildman–Crippen MR) is 71.1 cm³/mol. The van der Waals surface area contributed by atoms with E-state index in [2.05, 4.69) is 25.2 Å². The zero-order chi connectivity index (χ0) is 14.3. The lowest BCUT2D eigenvalue weighted by Gasteiger charge is -2.10. The highest BCUT2D eigenvalue weighted by Crippen LogP contribution is 2.18. The van der Waals surface area contributed by atoms with Gasteiger partial charge in [0.15, 0.2) is 5.82 Å². The smallest absolute Gasteiger partial charge is 0.250 e. The molecule has 104 valence electrons. The van der Waals surface area contributed by atoms with Crippen molar-refractivity contribution in [2.24, 2.45) is 7.05 Å². The zero-order valence-electron chi connectivity index (χ0n) is 11.4. The lowest BCUT2D eigenvalue weighted by molar-refractivity contribution is -0.119. The van der Waals surface area contributed by atoms with Crippen LogP contribution < -0.4 is 5.32 Å². The summed E-state index contributed by atoms with van der Waals surface area (Å²) >= 11 is 0. The van der Waals surface area contributed by atoms with Crippen LogP contribution >= 0.6 is 0 Å². The standard InChI is InChI=1S/C12H14N6O2/c1-7-11-9(17(3)14-7)6-18(15-11)8(2)12(19)13-10-4-5-20-16-10/h4-6,8H,1-3H3,(H,13,16,19). The summed E-state index contributed by atoms with van der Waals surface area (Å²) in [5, 5.41) is 15.0. The lowest BCUT2D eigenvalue weighted by Crippen LogP contribution is -2.24. The molecule has 0 aliphatic heterocycles. The minimum absolute atomic E-state index is 0.211. The van der Waals surface area contributed by atoms with Gasteiger partial charge in [-0.2, -0.15) is 10.2 Å². The SMILES string of the molecule is Cc1nn(C)c2cn(C(C)C(=O)Nc3ccon3)nc12. The number of nitrogens with one attached hydrogen (secondary N) is 1. The van der Waals surface area contributed by atoms with Crippen LogP contribution in [0, 0.1) is 6.92 Å². The van der Waals surface area contributed by atoms with Crippen molar-refractivity contribution in [1.82, 2.24) is 24.7 Å². The van der Waals surface area contributed by atoms with Crippen LogP contribution in [-0.2, 0) is 11.8 Å². The van der Waals surface area contributed by atoms with Gasteiger partial charge in [-0.05, 0) is 13.8 Å². The Hall–Kier alpha value is -2.64. The topological polar surface area (TPSA) is 90.8 Å². The molecule has 20 heavy (non-hydrogen) atoms. The van der Waals surface area contributed by atoms with E-state index in [0.717, 1.165) is 16.7 Å². The molecule has 8 nitrogen and oxygen atoms in total. The minimum Gasteiger partial charge on any atom is -0.363 e. The number of nitrogens with zero attached hydrogens (tertiary/aromatic N) is 5. The Morgan fingerprint density at radius 1 is 1.45 bits per heavy atom. The molecule has 0 aromatic carbocycles. The molecule has 0 fully saturated rings. The third-order valence-corrected chi connectivity index (χ3v) is 3.17. The molecular formula is C12H14N6O2. The summed E-state index contributed by atoms with van der Waals surface area (Å²) in [6.07, 6.45) is 3.21. The highest BCUT2D eigenvalue weighted by Gasteiger charge is 2.19. The third kappa shape index (κ3) is 1.94. The van der Waals surface area contributed by atoms with Gasteiger partial charge < -0.3 is 9.84 Å². The Labute approximate surface area is 114 Å². The van der Waals surface area contributed by atoms with E-state index in [4.69, 9.17) is 0 Å². The Morgan fingerprint density at radius 2 is 2.25 bits per heavy atom. The normalized spacial score (nSPS) is 12.8. The summed E-state index contributed by atoms with van der Waals surface area (Å²) in [4.78, 5) is 12.1. The van der Waals surface area contributed by atoms with Crippen molar-refractivity contribution in [3.63, 3.8) is 0 Å². The van der Waals surface area contributed by atoms with Gasteiger partial charge in [0.05, 0.1) is 11.9 Å². The van der Waals surface area contributed by atoms with Crippen molar-refractivity contribution < 1.29 is 9.32 Å². The average Bonchev–Trinajstić information content (AvgIpc) is 3.09. The molecule has 8 heteroatoms. The van der Waals surface area contributed by atoms with Crippen LogP contribution in [0.5, 0.6) is 0 Å². The van der Waals surface area contributed by atoms with Gasteiger partial charge in [0.2, 0.25) is 5.91 Å². The van der Waals surface area contributed by atoms with E-state index in [0.29, 0.717) is 5.82 Å². The van der Waals surface area contributed by atoms with E-state index in [1.165, 1.54) is 6.26 Å². The fourth-order valence-corrected chi connectivity index (χ4v) is 2.03. The highest BCUT2D eigenvalue weighted by atomic mass is 16.5. The van der Waals surface area contributed by atoms with Crippen molar-refractivity contribution >= 4 is 22.8 Å². The maximum atomic E-state index is 12.1. The fraction of sp³-hybridized carbons (Fsp3) is 0.333. The average molecular weight is 274 g/mol. The number of anilines is 1. The monoisotopic (exact) mass is 274 g/mol. The first kappa shape index (κ1) is 12.4. The molecule has 3 heterocycles. The number of aryl methyl sites for hydroxylation is 2. The number of fused-ring (bicyclic) bond motifs is 1. The van der Waals surface area contributed by atoms with Crippen LogP contribution in [0.4, 0.5) is 5.82 Å². The Bertz CT molecular complexity index is 720. The van der Waals surface area contributed by atoms with Crippen LogP contribution in [0.25, 0.3) is 11.0 Å². The number of hydrogen-bond donors (Lipinski definition) is 1. The second-order valence-electron chi connectivity index (χ2n) is 4.60. The van der Waals surface area contributed by atoms with Gasteiger partial charge in [0.25, 0.3) is 0 Å². The van der Waals surface area contributed by atoms with Gasteiger partial charge in [0.1, 0.15) is 23.3 Å². The summed E-state index contributed by atoms with van der Waals surface area (Å²) in [7, 11) is 1.85. The third-order valence-electron chi connectivity index (χ3n) is 3.17. The number of carbonyl (C=O) groups is 1. The minimum atomic E-state index is -0.460. The van der Waals surface area contributed by atoms with Crippen molar-refractivity contribution in [2.75, 3.05) is 5.32 Å².